The molecule has 0 aliphatic carbocycles. The first-order valence-corrected chi connectivity index (χ1v) is 7.46. The number of thiazole rings is 1. The fourth-order valence-electron chi connectivity index (χ4n) is 2.06. The minimum Gasteiger partial charge on any atom is -0.271 e. The van der Waals surface area contributed by atoms with Crippen molar-refractivity contribution in [2.24, 2.45) is 5.84 Å². The van der Waals surface area contributed by atoms with Crippen LogP contribution in [0.2, 0.25) is 0 Å². The molecule has 0 bridgehead atoms. The van der Waals surface area contributed by atoms with Crippen LogP contribution in [0.4, 0.5) is 0 Å². The van der Waals surface area contributed by atoms with E-state index in [4.69, 9.17) is 5.84 Å². The van der Waals surface area contributed by atoms with E-state index in [0.717, 1.165) is 22.0 Å². The van der Waals surface area contributed by atoms with Gasteiger partial charge >= 0.3 is 0 Å². The molecule has 0 amide bonds. The maximum Gasteiger partial charge on any atom is 0.0952 e. The molecule has 0 aliphatic heterocycles. The summed E-state index contributed by atoms with van der Waals surface area (Å²) in [4.78, 5) is 13.0. The third kappa shape index (κ3) is 3.30. The Balaban J connectivity index is 1.78. The maximum atomic E-state index is 5.63. The van der Waals surface area contributed by atoms with Gasteiger partial charge in [-0.15, -0.1) is 11.3 Å². The van der Waals surface area contributed by atoms with E-state index in [1.165, 1.54) is 0 Å². The predicted octanol–water partition coefficient (Wildman–Crippen LogP) is 2.35. The Bertz CT molecular complexity index is 684. The van der Waals surface area contributed by atoms with E-state index in [0.29, 0.717) is 6.42 Å². The third-order valence-corrected chi connectivity index (χ3v) is 4.01. The average molecular weight is 297 g/mol. The molecule has 3 aromatic rings. The van der Waals surface area contributed by atoms with Crippen LogP contribution in [0.1, 0.15) is 16.7 Å². The third-order valence-electron chi connectivity index (χ3n) is 3.14. The van der Waals surface area contributed by atoms with Crippen molar-refractivity contribution in [3.05, 3.63) is 65.0 Å². The molecule has 3 N–H and O–H groups in total. The molecule has 2 heterocycles. The van der Waals surface area contributed by atoms with Crippen molar-refractivity contribution in [2.75, 3.05) is 0 Å². The van der Waals surface area contributed by atoms with Crippen LogP contribution < -0.4 is 11.3 Å². The highest BCUT2D eigenvalue weighted by Gasteiger charge is 2.14. The number of aromatic nitrogens is 3. The van der Waals surface area contributed by atoms with Gasteiger partial charge in [-0.25, -0.2) is 4.98 Å². The largest absolute Gasteiger partial charge is 0.271 e. The van der Waals surface area contributed by atoms with Gasteiger partial charge in [0.1, 0.15) is 0 Å². The Hall–Kier alpha value is -2.15. The normalized spacial score (nSPS) is 12.2. The zero-order valence-electron chi connectivity index (χ0n) is 11.3. The summed E-state index contributed by atoms with van der Waals surface area (Å²) < 4.78 is 0. The van der Waals surface area contributed by atoms with Crippen LogP contribution in [0.3, 0.4) is 0 Å². The number of hydrogen-bond acceptors (Lipinski definition) is 6. The second-order valence-corrected chi connectivity index (χ2v) is 5.49. The highest BCUT2D eigenvalue weighted by Crippen LogP contribution is 2.24. The minimum atomic E-state index is -0.0894. The van der Waals surface area contributed by atoms with E-state index in [1.807, 2.05) is 18.2 Å². The van der Waals surface area contributed by atoms with Gasteiger partial charge in [-0.05, 0) is 0 Å². The van der Waals surface area contributed by atoms with Crippen molar-refractivity contribution in [3.8, 4) is 11.3 Å². The van der Waals surface area contributed by atoms with Crippen LogP contribution >= 0.6 is 11.3 Å². The quantitative estimate of drug-likeness (QED) is 0.558. The molecule has 5 nitrogen and oxygen atoms in total. The molecule has 0 aliphatic rings. The van der Waals surface area contributed by atoms with Gasteiger partial charge in [-0.2, -0.15) is 0 Å². The van der Waals surface area contributed by atoms with E-state index in [-0.39, 0.29) is 6.04 Å². The standard InChI is InChI=1S/C15H15N5S/c16-20-12(13-9-17-6-7-18-13)8-15-19-14(10-21-15)11-4-2-1-3-5-11/h1-7,9-10,12,20H,8,16H2. The van der Waals surface area contributed by atoms with Crippen LogP contribution in [0.15, 0.2) is 54.3 Å². The fraction of sp³-hybridized carbons (Fsp3) is 0.133. The highest BCUT2D eigenvalue weighted by atomic mass is 32.1. The molecule has 0 fully saturated rings. The number of nitrogens with two attached hydrogens (primary N) is 1. The molecule has 0 radical (unpaired) electrons. The summed E-state index contributed by atoms with van der Waals surface area (Å²) in [5, 5.41) is 3.08. The van der Waals surface area contributed by atoms with Crippen molar-refractivity contribution < 1.29 is 0 Å². The monoisotopic (exact) mass is 297 g/mol. The van der Waals surface area contributed by atoms with Gasteiger partial charge in [-0.1, -0.05) is 30.3 Å². The Morgan fingerprint density at radius 2 is 2.05 bits per heavy atom. The van der Waals surface area contributed by atoms with Crippen molar-refractivity contribution in [1.29, 1.82) is 0 Å². The molecule has 0 saturated carbocycles. The van der Waals surface area contributed by atoms with E-state index in [9.17, 15) is 0 Å². The molecular formula is C15H15N5S. The minimum absolute atomic E-state index is 0.0894. The molecule has 21 heavy (non-hydrogen) atoms. The summed E-state index contributed by atoms with van der Waals surface area (Å²) in [5.74, 6) is 5.63. The first-order valence-electron chi connectivity index (χ1n) is 6.58. The summed E-state index contributed by atoms with van der Waals surface area (Å²) in [5.41, 5.74) is 5.71. The molecule has 6 heteroatoms. The first kappa shape index (κ1) is 13.8. The summed E-state index contributed by atoms with van der Waals surface area (Å²) in [7, 11) is 0. The lowest BCUT2D eigenvalue weighted by Crippen LogP contribution is -2.30. The van der Waals surface area contributed by atoms with Crippen molar-refractivity contribution in [2.45, 2.75) is 12.5 Å². The first-order chi connectivity index (χ1) is 10.4. The number of rotatable bonds is 5. The number of hydrazine groups is 1. The fourth-order valence-corrected chi connectivity index (χ4v) is 2.91. The lowest BCUT2D eigenvalue weighted by atomic mass is 10.1. The zero-order chi connectivity index (χ0) is 14.5. The number of nitrogens with one attached hydrogen (secondary N) is 1. The molecule has 106 valence electrons. The number of benzene rings is 1. The van der Waals surface area contributed by atoms with Crippen LogP contribution in [0.25, 0.3) is 11.3 Å². The molecule has 0 saturated heterocycles. The molecule has 0 spiro atoms. The summed E-state index contributed by atoms with van der Waals surface area (Å²) in [6.07, 6.45) is 5.72. The summed E-state index contributed by atoms with van der Waals surface area (Å²) in [6, 6.07) is 10.0. The Kier molecular flexibility index (Phi) is 4.30. The maximum absolute atomic E-state index is 5.63. The Labute approximate surface area is 126 Å². The lowest BCUT2D eigenvalue weighted by molar-refractivity contribution is 0.535. The topological polar surface area (TPSA) is 76.7 Å². The van der Waals surface area contributed by atoms with E-state index in [2.05, 4.69) is 37.9 Å². The predicted molar refractivity (Wildman–Crippen MR) is 83.4 cm³/mol. The molecular weight excluding hydrogens is 282 g/mol. The second-order valence-electron chi connectivity index (χ2n) is 4.55. The second kappa shape index (κ2) is 6.53. The SMILES string of the molecule is NNC(Cc1nc(-c2ccccc2)cs1)c1cnccn1. The van der Waals surface area contributed by atoms with Crippen LogP contribution in [-0.2, 0) is 6.42 Å². The van der Waals surface area contributed by atoms with E-state index >= 15 is 0 Å². The van der Waals surface area contributed by atoms with Gasteiger partial charge in [0.15, 0.2) is 0 Å². The van der Waals surface area contributed by atoms with Gasteiger partial charge in [0.25, 0.3) is 0 Å². The summed E-state index contributed by atoms with van der Waals surface area (Å²) >= 11 is 1.63. The molecule has 1 atom stereocenters. The number of nitrogens with zero attached hydrogens (tertiary/aromatic N) is 3. The molecule has 1 unspecified atom stereocenters. The van der Waals surface area contributed by atoms with Crippen LogP contribution in [0.5, 0.6) is 0 Å². The van der Waals surface area contributed by atoms with Gasteiger partial charge in [0, 0.05) is 29.8 Å². The highest BCUT2D eigenvalue weighted by molar-refractivity contribution is 7.09. The smallest absolute Gasteiger partial charge is 0.0952 e. The average Bonchev–Trinajstić information content (AvgIpc) is 3.03. The molecule has 1 aromatic carbocycles. The zero-order valence-corrected chi connectivity index (χ0v) is 12.1. The van der Waals surface area contributed by atoms with Crippen LogP contribution in [0, 0.1) is 0 Å². The van der Waals surface area contributed by atoms with Crippen molar-refractivity contribution >= 4 is 11.3 Å². The summed E-state index contributed by atoms with van der Waals surface area (Å²) in [6.45, 7) is 0. The Morgan fingerprint density at radius 3 is 2.76 bits per heavy atom. The molecule has 3 rings (SSSR count). The van der Waals surface area contributed by atoms with Crippen molar-refractivity contribution in [1.82, 2.24) is 20.4 Å². The molecule has 2 aromatic heterocycles. The Morgan fingerprint density at radius 1 is 1.19 bits per heavy atom. The van der Waals surface area contributed by atoms with Gasteiger partial charge in [-0.3, -0.25) is 21.2 Å². The lowest BCUT2D eigenvalue weighted by Gasteiger charge is -2.12. The van der Waals surface area contributed by atoms with E-state index in [1.54, 1.807) is 29.9 Å². The van der Waals surface area contributed by atoms with Gasteiger partial charge < -0.3 is 0 Å². The number of hydrogen-bond donors (Lipinski definition) is 2. The van der Waals surface area contributed by atoms with Crippen LogP contribution in [-0.4, -0.2) is 15.0 Å². The van der Waals surface area contributed by atoms with Gasteiger partial charge in [0.05, 0.1) is 28.6 Å². The van der Waals surface area contributed by atoms with E-state index < -0.39 is 0 Å². The van der Waals surface area contributed by atoms with Gasteiger partial charge in [0.2, 0.25) is 0 Å². The van der Waals surface area contributed by atoms with Crippen molar-refractivity contribution in [3.63, 3.8) is 0 Å².